The van der Waals surface area contributed by atoms with Crippen LogP contribution in [0.3, 0.4) is 0 Å². The van der Waals surface area contributed by atoms with E-state index in [-0.39, 0.29) is 0 Å². The Bertz CT molecular complexity index is 1490. The topological polar surface area (TPSA) is 50.4 Å². The van der Waals surface area contributed by atoms with Gasteiger partial charge in [0.15, 0.2) is 0 Å². The number of nitrogens with zero attached hydrogens (tertiary/aromatic N) is 2. The number of pyridine rings is 1. The molecule has 2 aromatic heterocycles. The van der Waals surface area contributed by atoms with Crippen molar-refractivity contribution in [1.82, 2.24) is 4.98 Å². The van der Waals surface area contributed by atoms with Crippen molar-refractivity contribution < 1.29 is 4.42 Å². The second-order valence-corrected chi connectivity index (χ2v) is 7.98. The second-order valence-electron chi connectivity index (χ2n) is 7.55. The van der Waals surface area contributed by atoms with E-state index in [0.717, 1.165) is 38.6 Å². The molecule has 0 unspecified atom stereocenters. The number of para-hydroxylation sites is 1. The van der Waals surface area contributed by atoms with Gasteiger partial charge in [0.05, 0.1) is 10.9 Å². The second kappa shape index (κ2) is 7.89. The molecule has 3 aromatic carbocycles. The lowest BCUT2D eigenvalue weighted by atomic mass is 10.1. The minimum atomic E-state index is 0.685. The fourth-order valence-electron chi connectivity index (χ4n) is 3.52. The Labute approximate surface area is 184 Å². The van der Waals surface area contributed by atoms with Gasteiger partial charge in [0.1, 0.15) is 17.2 Å². The molecule has 0 radical (unpaired) electrons. The monoisotopic (exact) mass is 425 g/mol. The van der Waals surface area contributed by atoms with Crippen molar-refractivity contribution in [2.45, 2.75) is 13.8 Å². The molecular formula is C26H20ClN3O. The molecule has 0 aliphatic heterocycles. The van der Waals surface area contributed by atoms with Gasteiger partial charge in [0.2, 0.25) is 0 Å². The number of nitrogens with one attached hydrogen (secondary N) is 1. The Morgan fingerprint density at radius 3 is 2.48 bits per heavy atom. The minimum Gasteiger partial charge on any atom is -0.456 e. The summed E-state index contributed by atoms with van der Waals surface area (Å²) < 4.78 is 6.23. The molecule has 0 bridgehead atoms. The zero-order valence-electron chi connectivity index (χ0n) is 17.2. The van der Waals surface area contributed by atoms with Crippen molar-refractivity contribution in [3.8, 4) is 11.3 Å². The molecule has 0 fully saturated rings. The molecule has 0 amide bonds. The predicted molar refractivity (Wildman–Crippen MR) is 127 cm³/mol. The Hall–Kier alpha value is -3.63. The van der Waals surface area contributed by atoms with Crippen LogP contribution in [0.1, 0.15) is 11.1 Å². The summed E-state index contributed by atoms with van der Waals surface area (Å²) in [6, 6.07) is 25.7. The molecule has 0 atom stereocenters. The molecule has 31 heavy (non-hydrogen) atoms. The SMILES string of the molecule is Cc1cc2oc(-c3ccc(Cl)cc3)cc(=NNc3ccc4ccccc4n3)c2cc1C. The summed E-state index contributed by atoms with van der Waals surface area (Å²) in [5.74, 6) is 1.41. The maximum Gasteiger partial charge on any atom is 0.146 e. The zero-order chi connectivity index (χ0) is 21.4. The summed E-state index contributed by atoms with van der Waals surface area (Å²) >= 11 is 6.06. The minimum absolute atomic E-state index is 0.685. The third-order valence-corrected chi connectivity index (χ3v) is 5.63. The number of aromatic nitrogens is 1. The fraction of sp³-hybridized carbons (Fsp3) is 0.0769. The maximum absolute atomic E-state index is 6.23. The van der Waals surface area contributed by atoms with E-state index in [4.69, 9.17) is 16.0 Å². The van der Waals surface area contributed by atoms with Crippen LogP contribution in [-0.2, 0) is 0 Å². The number of anilines is 1. The van der Waals surface area contributed by atoms with Gasteiger partial charge in [-0.25, -0.2) is 4.98 Å². The number of rotatable bonds is 3. The van der Waals surface area contributed by atoms with Crippen molar-refractivity contribution in [2.75, 3.05) is 5.43 Å². The van der Waals surface area contributed by atoms with Gasteiger partial charge in [-0.2, -0.15) is 5.10 Å². The third kappa shape index (κ3) is 3.90. The summed E-state index contributed by atoms with van der Waals surface area (Å²) in [5.41, 5.74) is 8.10. The van der Waals surface area contributed by atoms with Gasteiger partial charge < -0.3 is 4.42 Å². The summed E-state index contributed by atoms with van der Waals surface area (Å²) in [6.07, 6.45) is 0. The highest BCUT2D eigenvalue weighted by atomic mass is 35.5. The lowest BCUT2D eigenvalue weighted by Gasteiger charge is -2.08. The van der Waals surface area contributed by atoms with E-state index in [9.17, 15) is 0 Å². The smallest absolute Gasteiger partial charge is 0.146 e. The van der Waals surface area contributed by atoms with E-state index in [1.807, 2.05) is 66.7 Å². The Balaban J connectivity index is 1.65. The summed E-state index contributed by atoms with van der Waals surface area (Å²) in [5, 5.41) is 8.18. The van der Waals surface area contributed by atoms with E-state index in [2.05, 4.69) is 41.5 Å². The highest BCUT2D eigenvalue weighted by Gasteiger charge is 2.08. The van der Waals surface area contributed by atoms with E-state index in [1.54, 1.807) is 0 Å². The van der Waals surface area contributed by atoms with Crippen LogP contribution < -0.4 is 10.8 Å². The fourth-order valence-corrected chi connectivity index (χ4v) is 3.64. The zero-order valence-corrected chi connectivity index (χ0v) is 17.9. The van der Waals surface area contributed by atoms with Crippen molar-refractivity contribution in [2.24, 2.45) is 5.10 Å². The third-order valence-electron chi connectivity index (χ3n) is 5.38. The molecule has 5 heteroatoms. The average molecular weight is 426 g/mol. The molecule has 2 heterocycles. The molecule has 0 saturated carbocycles. The van der Waals surface area contributed by atoms with E-state index < -0.39 is 0 Å². The first-order valence-electron chi connectivity index (χ1n) is 10.0. The molecule has 0 spiro atoms. The van der Waals surface area contributed by atoms with Crippen molar-refractivity contribution in [1.29, 1.82) is 0 Å². The molecule has 5 rings (SSSR count). The van der Waals surface area contributed by atoms with Gasteiger partial charge in [0, 0.05) is 27.4 Å². The summed E-state index contributed by atoms with van der Waals surface area (Å²) in [6.45, 7) is 4.16. The molecule has 1 N–H and O–H groups in total. The van der Waals surface area contributed by atoms with Gasteiger partial charge in [-0.1, -0.05) is 29.8 Å². The van der Waals surface area contributed by atoms with Crippen LogP contribution in [0.15, 0.2) is 88.4 Å². The molecule has 152 valence electrons. The first-order chi connectivity index (χ1) is 15.1. The molecule has 0 aliphatic rings. The van der Waals surface area contributed by atoms with Crippen LogP contribution in [0.2, 0.25) is 5.02 Å². The molecular weight excluding hydrogens is 406 g/mol. The Kier molecular flexibility index (Phi) is 4.92. The van der Waals surface area contributed by atoms with Gasteiger partial charge in [-0.15, -0.1) is 0 Å². The molecule has 5 aromatic rings. The molecule has 4 nitrogen and oxygen atoms in total. The lowest BCUT2D eigenvalue weighted by molar-refractivity contribution is 0.618. The number of fused-ring (bicyclic) bond motifs is 2. The van der Waals surface area contributed by atoms with Crippen LogP contribution in [0, 0.1) is 13.8 Å². The Morgan fingerprint density at radius 1 is 0.871 bits per heavy atom. The standard InChI is InChI=1S/C26H20ClN3O/c1-16-13-21-23(29-30-26-12-9-18-5-3-4-6-22(18)28-26)15-24(31-25(21)14-17(16)2)19-7-10-20(27)11-8-19/h3-15H,1-2H3,(H,28,30). The number of hydrogen-bond donors (Lipinski definition) is 1. The van der Waals surface area contributed by atoms with Crippen molar-refractivity contribution in [3.05, 3.63) is 100 Å². The van der Waals surface area contributed by atoms with Crippen LogP contribution in [-0.4, -0.2) is 4.98 Å². The lowest BCUT2D eigenvalue weighted by Crippen LogP contribution is -2.08. The molecule has 0 aliphatic carbocycles. The number of benzene rings is 3. The summed E-state index contributed by atoms with van der Waals surface area (Å²) in [7, 11) is 0. The van der Waals surface area contributed by atoms with Crippen molar-refractivity contribution >= 4 is 39.3 Å². The van der Waals surface area contributed by atoms with E-state index in [0.29, 0.717) is 10.8 Å². The van der Waals surface area contributed by atoms with Gasteiger partial charge in [-0.05, 0) is 79.6 Å². The average Bonchev–Trinajstić information content (AvgIpc) is 2.78. The van der Waals surface area contributed by atoms with Crippen LogP contribution in [0.25, 0.3) is 33.2 Å². The maximum atomic E-state index is 6.23. The Morgan fingerprint density at radius 2 is 1.65 bits per heavy atom. The number of aryl methyl sites for hydroxylation is 2. The van der Waals surface area contributed by atoms with E-state index >= 15 is 0 Å². The highest BCUT2D eigenvalue weighted by Crippen LogP contribution is 2.25. The van der Waals surface area contributed by atoms with Crippen LogP contribution >= 0.6 is 11.6 Å². The first-order valence-corrected chi connectivity index (χ1v) is 10.4. The summed E-state index contributed by atoms with van der Waals surface area (Å²) in [4.78, 5) is 4.65. The van der Waals surface area contributed by atoms with Crippen molar-refractivity contribution in [3.63, 3.8) is 0 Å². The predicted octanol–water partition coefficient (Wildman–Crippen LogP) is 6.85. The quantitative estimate of drug-likeness (QED) is 0.322. The van der Waals surface area contributed by atoms with Gasteiger partial charge in [-0.3, -0.25) is 5.43 Å². The van der Waals surface area contributed by atoms with Crippen LogP contribution in [0.5, 0.6) is 0 Å². The van der Waals surface area contributed by atoms with E-state index in [1.165, 1.54) is 11.1 Å². The number of halogens is 1. The first kappa shape index (κ1) is 19.3. The van der Waals surface area contributed by atoms with Crippen LogP contribution in [0.4, 0.5) is 5.82 Å². The van der Waals surface area contributed by atoms with Gasteiger partial charge >= 0.3 is 0 Å². The molecule has 0 saturated heterocycles. The largest absolute Gasteiger partial charge is 0.456 e. The highest BCUT2D eigenvalue weighted by molar-refractivity contribution is 6.30. The number of hydrogen-bond acceptors (Lipinski definition) is 4. The normalized spacial score (nSPS) is 11.9. The van der Waals surface area contributed by atoms with Gasteiger partial charge in [0.25, 0.3) is 0 Å².